The van der Waals surface area contributed by atoms with Gasteiger partial charge < -0.3 is 4.74 Å². The standard InChI is InChI=1S/C13H9Br2NO4S/c1-7-2-3-9(16(18)19)11(4-7)20-6-10(17)8-5-12(14)21-13(8)15/h2-5H,6H2,1H3. The molecule has 0 N–H and O–H groups in total. The lowest BCUT2D eigenvalue weighted by Gasteiger charge is -2.06. The number of carbonyl (C=O) groups is 1. The van der Waals surface area contributed by atoms with E-state index in [2.05, 4.69) is 31.9 Å². The number of halogens is 2. The number of nitro groups is 1. The zero-order chi connectivity index (χ0) is 15.6. The quantitative estimate of drug-likeness (QED) is 0.386. The molecule has 2 aromatic rings. The van der Waals surface area contributed by atoms with Crippen molar-refractivity contribution in [2.24, 2.45) is 0 Å². The summed E-state index contributed by atoms with van der Waals surface area (Å²) in [5, 5.41) is 10.9. The van der Waals surface area contributed by atoms with Gasteiger partial charge in [0.05, 0.1) is 12.5 Å². The Bertz CT molecular complexity index is 714. The number of hydrogen-bond donors (Lipinski definition) is 0. The van der Waals surface area contributed by atoms with Crippen molar-refractivity contribution in [3.63, 3.8) is 0 Å². The van der Waals surface area contributed by atoms with Crippen LogP contribution in [-0.2, 0) is 0 Å². The van der Waals surface area contributed by atoms with Crippen LogP contribution in [0.3, 0.4) is 0 Å². The molecule has 2 rings (SSSR count). The Morgan fingerprint density at radius 3 is 2.67 bits per heavy atom. The van der Waals surface area contributed by atoms with Crippen molar-refractivity contribution in [1.29, 1.82) is 0 Å². The van der Waals surface area contributed by atoms with Gasteiger partial charge in [0.25, 0.3) is 0 Å². The van der Waals surface area contributed by atoms with Crippen LogP contribution in [-0.4, -0.2) is 17.3 Å². The molecule has 0 aliphatic carbocycles. The average Bonchev–Trinajstić information content (AvgIpc) is 2.74. The summed E-state index contributed by atoms with van der Waals surface area (Å²) in [6.07, 6.45) is 0. The zero-order valence-corrected chi connectivity index (χ0v) is 14.7. The number of rotatable bonds is 5. The van der Waals surface area contributed by atoms with Gasteiger partial charge in [0, 0.05) is 11.6 Å². The van der Waals surface area contributed by atoms with E-state index in [1.165, 1.54) is 17.4 Å². The van der Waals surface area contributed by atoms with Gasteiger partial charge in [-0.05, 0) is 56.5 Å². The van der Waals surface area contributed by atoms with Gasteiger partial charge in [0.2, 0.25) is 5.78 Å². The lowest BCUT2D eigenvalue weighted by molar-refractivity contribution is -0.385. The minimum absolute atomic E-state index is 0.0961. The first kappa shape index (κ1) is 16.1. The van der Waals surface area contributed by atoms with Crippen molar-refractivity contribution in [1.82, 2.24) is 0 Å². The SMILES string of the molecule is Cc1ccc([N+](=O)[O-])c(OCC(=O)c2cc(Br)sc2Br)c1. The Kier molecular flexibility index (Phi) is 5.13. The van der Waals surface area contributed by atoms with Crippen LogP contribution in [0.5, 0.6) is 5.75 Å². The smallest absolute Gasteiger partial charge is 0.310 e. The molecule has 1 aromatic carbocycles. The molecule has 0 atom stereocenters. The van der Waals surface area contributed by atoms with E-state index >= 15 is 0 Å². The Balaban J connectivity index is 2.16. The molecule has 0 spiro atoms. The van der Waals surface area contributed by atoms with Gasteiger partial charge in [-0.1, -0.05) is 6.07 Å². The molecule has 0 unspecified atom stereocenters. The van der Waals surface area contributed by atoms with Crippen LogP contribution < -0.4 is 4.74 Å². The third-order valence-electron chi connectivity index (χ3n) is 2.63. The number of ketones is 1. The molecule has 0 bridgehead atoms. The molecule has 8 heteroatoms. The minimum atomic E-state index is -0.531. The van der Waals surface area contributed by atoms with E-state index in [1.54, 1.807) is 25.1 Å². The minimum Gasteiger partial charge on any atom is -0.478 e. The number of benzene rings is 1. The predicted octanol–water partition coefficient (Wildman–Crippen LogP) is 4.75. The van der Waals surface area contributed by atoms with E-state index in [9.17, 15) is 14.9 Å². The normalized spacial score (nSPS) is 10.4. The summed E-state index contributed by atoms with van der Waals surface area (Å²) < 4.78 is 6.85. The van der Waals surface area contributed by atoms with E-state index in [0.717, 1.165) is 9.35 Å². The lowest BCUT2D eigenvalue weighted by atomic mass is 10.2. The number of aryl methyl sites for hydroxylation is 1. The van der Waals surface area contributed by atoms with Gasteiger partial charge in [0.15, 0.2) is 12.4 Å². The maximum Gasteiger partial charge on any atom is 0.310 e. The highest BCUT2D eigenvalue weighted by Crippen LogP contribution is 2.33. The van der Waals surface area contributed by atoms with Crippen LogP contribution in [0, 0.1) is 17.0 Å². The second-order valence-electron chi connectivity index (χ2n) is 4.18. The predicted molar refractivity (Wildman–Crippen MR) is 87.4 cm³/mol. The zero-order valence-electron chi connectivity index (χ0n) is 10.8. The number of ether oxygens (including phenoxy) is 1. The van der Waals surface area contributed by atoms with Crippen LogP contribution in [0.25, 0.3) is 0 Å². The van der Waals surface area contributed by atoms with E-state index < -0.39 is 4.92 Å². The van der Waals surface area contributed by atoms with Crippen molar-refractivity contribution in [3.05, 3.63) is 53.1 Å². The maximum atomic E-state index is 12.1. The first-order valence-corrected chi connectivity index (χ1v) is 8.14. The summed E-state index contributed by atoms with van der Waals surface area (Å²) in [5.74, 6) is -0.154. The second-order valence-corrected chi connectivity index (χ2v) is 7.93. The van der Waals surface area contributed by atoms with Crippen molar-refractivity contribution in [2.45, 2.75) is 6.92 Å². The summed E-state index contributed by atoms with van der Waals surface area (Å²) in [7, 11) is 0. The van der Waals surface area contributed by atoms with Gasteiger partial charge in [-0.3, -0.25) is 14.9 Å². The molecule has 0 amide bonds. The molecule has 110 valence electrons. The number of nitro benzene ring substituents is 1. The number of thiophene rings is 1. The van der Waals surface area contributed by atoms with Crippen LogP contribution in [0.15, 0.2) is 31.8 Å². The molecule has 0 fully saturated rings. The average molecular weight is 435 g/mol. The molecule has 0 saturated carbocycles. The molecule has 0 aliphatic rings. The highest BCUT2D eigenvalue weighted by atomic mass is 79.9. The first-order valence-electron chi connectivity index (χ1n) is 5.74. The summed E-state index contributed by atoms with van der Waals surface area (Å²) in [6, 6.07) is 6.22. The number of carbonyl (C=O) groups excluding carboxylic acids is 1. The highest BCUT2D eigenvalue weighted by Gasteiger charge is 2.18. The molecule has 1 aromatic heterocycles. The Morgan fingerprint density at radius 2 is 2.10 bits per heavy atom. The van der Waals surface area contributed by atoms with Gasteiger partial charge in [0.1, 0.15) is 0 Å². The lowest BCUT2D eigenvalue weighted by Crippen LogP contribution is -2.12. The molecular weight excluding hydrogens is 426 g/mol. The van der Waals surface area contributed by atoms with Crippen molar-refractivity contribution in [2.75, 3.05) is 6.61 Å². The first-order chi connectivity index (χ1) is 9.88. The molecule has 0 aliphatic heterocycles. The summed E-state index contributed by atoms with van der Waals surface area (Å²) in [4.78, 5) is 22.5. The largest absolute Gasteiger partial charge is 0.478 e. The second kappa shape index (κ2) is 6.67. The third-order valence-corrected chi connectivity index (χ3v) is 4.97. The van der Waals surface area contributed by atoms with Crippen LogP contribution in [0.1, 0.15) is 15.9 Å². The van der Waals surface area contributed by atoms with Gasteiger partial charge >= 0.3 is 5.69 Å². The van der Waals surface area contributed by atoms with Crippen LogP contribution >= 0.6 is 43.2 Å². The maximum absolute atomic E-state index is 12.1. The van der Waals surface area contributed by atoms with E-state index in [4.69, 9.17) is 4.74 Å². The Labute approximate surface area is 141 Å². The topological polar surface area (TPSA) is 69.4 Å². The molecule has 5 nitrogen and oxygen atoms in total. The fraction of sp³-hybridized carbons (Fsp3) is 0.154. The number of Topliss-reactive ketones (excluding diaryl/α,β-unsaturated/α-hetero) is 1. The van der Waals surface area contributed by atoms with E-state index in [1.807, 2.05) is 0 Å². The molecular formula is C13H9Br2NO4S. The molecule has 0 radical (unpaired) electrons. The summed E-state index contributed by atoms with van der Waals surface area (Å²) in [5.41, 5.74) is 1.16. The highest BCUT2D eigenvalue weighted by molar-refractivity contribution is 9.12. The van der Waals surface area contributed by atoms with Gasteiger partial charge in [-0.15, -0.1) is 11.3 Å². The molecule has 1 heterocycles. The van der Waals surface area contributed by atoms with Crippen molar-refractivity contribution >= 4 is 54.7 Å². The van der Waals surface area contributed by atoms with Crippen molar-refractivity contribution in [3.8, 4) is 5.75 Å². The van der Waals surface area contributed by atoms with E-state index in [0.29, 0.717) is 9.35 Å². The summed E-state index contributed by atoms with van der Waals surface area (Å²) >= 11 is 7.97. The Hall–Kier alpha value is -1.25. The van der Waals surface area contributed by atoms with Gasteiger partial charge in [-0.2, -0.15) is 0 Å². The van der Waals surface area contributed by atoms with Crippen LogP contribution in [0.2, 0.25) is 0 Å². The monoisotopic (exact) mass is 433 g/mol. The summed E-state index contributed by atoms with van der Waals surface area (Å²) in [6.45, 7) is 1.54. The number of nitrogens with zero attached hydrogens (tertiary/aromatic N) is 1. The number of hydrogen-bond acceptors (Lipinski definition) is 5. The third kappa shape index (κ3) is 3.90. The molecule has 21 heavy (non-hydrogen) atoms. The fourth-order valence-electron chi connectivity index (χ4n) is 1.64. The fourth-order valence-corrected chi connectivity index (χ4v) is 4.49. The van der Waals surface area contributed by atoms with Crippen molar-refractivity contribution < 1.29 is 14.5 Å². The Morgan fingerprint density at radius 1 is 1.38 bits per heavy atom. The van der Waals surface area contributed by atoms with Gasteiger partial charge in [-0.25, -0.2) is 0 Å². The van der Waals surface area contributed by atoms with Crippen LogP contribution in [0.4, 0.5) is 5.69 Å². The molecule has 0 saturated heterocycles. The van der Waals surface area contributed by atoms with E-state index in [-0.39, 0.29) is 23.8 Å².